The standard InChI is InChI=1S/C20H29N3O19P2/c1-7(18(30)31)38-16-12(21-8(2)25)19(40-9(5-24)14(16)28)41-44(35,36)42-43(33,34)37-6-10-13(27)15(29)17(39-10)23-4-3-11(26)22-20(23)32/h3-4,9-10,12-17,19,24,27-29H,1,5-6H2,2H3,(H,21,25)(H,30,31)(H,33,34)(H,35,36)(H,22,26,32)/t9-,10-,12-,13-,14-,15-,16-,17-,19+/m1/s1. The molecular formula is C20H29N3O19P2. The predicted molar refractivity (Wildman–Crippen MR) is 136 cm³/mol. The zero-order chi connectivity index (χ0) is 33.1. The molecule has 2 unspecified atom stereocenters. The Kier molecular flexibility index (Phi) is 11.4. The van der Waals surface area contributed by atoms with E-state index in [1.807, 2.05) is 4.98 Å². The molecule has 1 amide bonds. The molecule has 3 heterocycles. The molecule has 44 heavy (non-hydrogen) atoms. The average molecular weight is 677 g/mol. The highest BCUT2D eigenvalue weighted by Crippen LogP contribution is 2.61. The highest BCUT2D eigenvalue weighted by molar-refractivity contribution is 7.61. The number of aromatic amines is 1. The van der Waals surface area contributed by atoms with Crippen LogP contribution in [0.15, 0.2) is 34.2 Å². The minimum atomic E-state index is -5.76. The lowest BCUT2D eigenvalue weighted by Crippen LogP contribution is -2.65. The zero-order valence-corrected chi connectivity index (χ0v) is 24.1. The van der Waals surface area contributed by atoms with Gasteiger partial charge >= 0.3 is 27.3 Å². The molecule has 0 saturated carbocycles. The van der Waals surface area contributed by atoms with Crippen molar-refractivity contribution < 1.29 is 81.6 Å². The second kappa shape index (κ2) is 14.1. The number of carboxylic acids is 1. The molecule has 9 N–H and O–H groups in total. The van der Waals surface area contributed by atoms with Crippen LogP contribution in [0, 0.1) is 0 Å². The van der Waals surface area contributed by atoms with Crippen LogP contribution < -0.4 is 16.6 Å². The number of amides is 1. The number of carbonyl (C=O) groups excluding carboxylic acids is 1. The molecule has 24 heteroatoms. The smallest absolute Gasteiger partial charge is 0.478 e. The molecule has 22 nitrogen and oxygen atoms in total. The Morgan fingerprint density at radius 3 is 2.32 bits per heavy atom. The fourth-order valence-corrected chi connectivity index (χ4v) is 6.26. The third-order valence-corrected chi connectivity index (χ3v) is 8.65. The van der Waals surface area contributed by atoms with E-state index in [0.29, 0.717) is 4.57 Å². The average Bonchev–Trinajstić information content (AvgIpc) is 3.18. The topological polar surface area (TPSA) is 332 Å². The molecule has 3 rings (SSSR count). The van der Waals surface area contributed by atoms with Crippen LogP contribution in [0.3, 0.4) is 0 Å². The zero-order valence-electron chi connectivity index (χ0n) is 22.3. The molecule has 2 saturated heterocycles. The van der Waals surface area contributed by atoms with Crippen molar-refractivity contribution in [1.29, 1.82) is 0 Å². The number of H-pyrrole nitrogens is 1. The van der Waals surface area contributed by atoms with Gasteiger partial charge in [-0.2, -0.15) is 4.31 Å². The molecule has 11 atom stereocenters. The summed E-state index contributed by atoms with van der Waals surface area (Å²) in [6.45, 7) is 1.98. The van der Waals surface area contributed by atoms with E-state index < -0.39 is 113 Å². The summed E-state index contributed by atoms with van der Waals surface area (Å²) in [4.78, 5) is 68.4. The monoisotopic (exact) mass is 677 g/mol. The molecule has 0 radical (unpaired) electrons. The van der Waals surface area contributed by atoms with Crippen molar-refractivity contribution in [1.82, 2.24) is 14.9 Å². The summed E-state index contributed by atoms with van der Waals surface area (Å²) in [7, 11) is -11.4. The van der Waals surface area contributed by atoms with Crippen LogP contribution in [0.5, 0.6) is 0 Å². The lowest BCUT2D eigenvalue weighted by atomic mass is 9.96. The van der Waals surface area contributed by atoms with Gasteiger partial charge in [-0.15, -0.1) is 0 Å². The van der Waals surface area contributed by atoms with Crippen molar-refractivity contribution in [3.05, 3.63) is 45.4 Å². The van der Waals surface area contributed by atoms with Crippen LogP contribution in [0.1, 0.15) is 13.2 Å². The van der Waals surface area contributed by atoms with Gasteiger partial charge in [0.25, 0.3) is 5.56 Å². The maximum atomic E-state index is 12.7. The maximum Gasteiger partial charge on any atom is 0.483 e. The summed E-state index contributed by atoms with van der Waals surface area (Å²) in [5.74, 6) is -3.52. The number of hydrogen-bond acceptors (Lipinski definition) is 16. The van der Waals surface area contributed by atoms with E-state index in [2.05, 4.69) is 20.7 Å². The fraction of sp³-hybridized carbons (Fsp3) is 0.600. The molecule has 0 bridgehead atoms. The quantitative estimate of drug-likeness (QED) is 0.0545. The predicted octanol–water partition coefficient (Wildman–Crippen LogP) is -4.03. The first-order valence-corrected chi connectivity index (χ1v) is 15.2. The summed E-state index contributed by atoms with van der Waals surface area (Å²) in [6.07, 6.45) is -13.5. The van der Waals surface area contributed by atoms with Crippen LogP contribution in [-0.4, -0.2) is 119 Å². The lowest BCUT2D eigenvalue weighted by Gasteiger charge is -2.43. The second-order valence-corrected chi connectivity index (χ2v) is 12.2. The number of aliphatic hydroxyl groups excluding tert-OH is 4. The van der Waals surface area contributed by atoms with Crippen LogP contribution in [0.2, 0.25) is 0 Å². The van der Waals surface area contributed by atoms with Crippen LogP contribution in [-0.2, 0) is 46.3 Å². The van der Waals surface area contributed by atoms with Gasteiger partial charge < -0.3 is 54.8 Å². The second-order valence-electron chi connectivity index (χ2n) is 9.24. The number of aromatic nitrogens is 2. The molecule has 0 aromatic carbocycles. The normalized spacial score (nSPS) is 33.1. The number of nitrogens with zero attached hydrogens (tertiary/aromatic N) is 1. The lowest BCUT2D eigenvalue weighted by molar-refractivity contribution is -0.251. The number of rotatable bonds is 13. The minimum Gasteiger partial charge on any atom is -0.478 e. The Balaban J connectivity index is 1.72. The van der Waals surface area contributed by atoms with E-state index in [-0.39, 0.29) is 0 Å². The van der Waals surface area contributed by atoms with Crippen molar-refractivity contribution >= 4 is 27.5 Å². The minimum absolute atomic E-state index is 0.703. The van der Waals surface area contributed by atoms with Gasteiger partial charge in [-0.05, 0) is 6.58 Å². The van der Waals surface area contributed by atoms with Gasteiger partial charge in [0.05, 0.1) is 13.2 Å². The Hall–Kier alpha value is -2.82. The van der Waals surface area contributed by atoms with Crippen LogP contribution >= 0.6 is 15.6 Å². The molecule has 248 valence electrons. The summed E-state index contributed by atoms with van der Waals surface area (Å²) in [6, 6.07) is -0.893. The van der Waals surface area contributed by atoms with E-state index in [1.165, 1.54) is 0 Å². The number of carbonyl (C=O) groups is 2. The number of nitrogens with one attached hydrogen (secondary N) is 2. The number of hydrogen-bond donors (Lipinski definition) is 9. The number of phosphoric acid groups is 2. The summed E-state index contributed by atoms with van der Waals surface area (Å²) >= 11 is 0. The van der Waals surface area contributed by atoms with E-state index in [4.69, 9.17) is 23.8 Å². The van der Waals surface area contributed by atoms with Crippen molar-refractivity contribution in [2.24, 2.45) is 0 Å². The van der Waals surface area contributed by atoms with Crippen molar-refractivity contribution in [2.45, 2.75) is 62.1 Å². The van der Waals surface area contributed by atoms with Gasteiger partial charge in [-0.1, -0.05) is 0 Å². The molecule has 2 fully saturated rings. The number of carboxylic acid groups (broad SMARTS) is 1. The van der Waals surface area contributed by atoms with Crippen molar-refractivity contribution in [3.63, 3.8) is 0 Å². The maximum absolute atomic E-state index is 12.7. The number of phosphoric ester groups is 2. The van der Waals surface area contributed by atoms with E-state index >= 15 is 0 Å². The van der Waals surface area contributed by atoms with Gasteiger partial charge in [0, 0.05) is 19.2 Å². The van der Waals surface area contributed by atoms with E-state index in [0.717, 1.165) is 19.2 Å². The van der Waals surface area contributed by atoms with Crippen molar-refractivity contribution in [3.8, 4) is 0 Å². The molecule has 2 aliphatic rings. The Labute approximate surface area is 245 Å². The fourth-order valence-electron chi connectivity index (χ4n) is 4.10. The van der Waals surface area contributed by atoms with Gasteiger partial charge in [-0.3, -0.25) is 28.2 Å². The highest BCUT2D eigenvalue weighted by Gasteiger charge is 2.52. The molecule has 0 aliphatic carbocycles. The van der Waals surface area contributed by atoms with Crippen LogP contribution in [0.4, 0.5) is 0 Å². The Morgan fingerprint density at radius 2 is 1.75 bits per heavy atom. The third kappa shape index (κ3) is 8.67. The molecule has 0 spiro atoms. The summed E-state index contributed by atoms with van der Waals surface area (Å²) < 4.78 is 55.0. The number of aliphatic carboxylic acids is 1. The third-order valence-electron chi connectivity index (χ3n) is 6.05. The Morgan fingerprint density at radius 1 is 1.09 bits per heavy atom. The first-order chi connectivity index (χ1) is 20.4. The van der Waals surface area contributed by atoms with Gasteiger partial charge in [0.2, 0.25) is 5.91 Å². The van der Waals surface area contributed by atoms with Crippen molar-refractivity contribution in [2.75, 3.05) is 13.2 Å². The Bertz CT molecular complexity index is 1450. The SMILES string of the molecule is C=C(O[C@H]1[C@H](O)[C@@H](CO)O[C@@H](OP(=O)(O)OP(=O)(O)OC[C@H]2O[C@@H](n3ccc(=O)[nH]c3=O)[C@H](O)[C@@H]2O)[C@@H]1NC(C)=O)C(=O)O. The highest BCUT2D eigenvalue weighted by atomic mass is 31.3. The number of aliphatic hydroxyl groups is 4. The first kappa shape index (κ1) is 35.7. The molecule has 1 aromatic rings. The van der Waals surface area contributed by atoms with E-state index in [1.54, 1.807) is 0 Å². The summed E-state index contributed by atoms with van der Waals surface area (Å²) in [5, 5.41) is 51.7. The largest absolute Gasteiger partial charge is 0.483 e. The van der Waals surface area contributed by atoms with Gasteiger partial charge in [0.1, 0.15) is 36.6 Å². The van der Waals surface area contributed by atoms with E-state index in [9.17, 15) is 58.5 Å². The van der Waals surface area contributed by atoms with Gasteiger partial charge in [0.15, 0.2) is 24.4 Å². The molecule has 2 aliphatic heterocycles. The first-order valence-electron chi connectivity index (χ1n) is 12.2. The molecular weight excluding hydrogens is 648 g/mol. The molecule has 1 aromatic heterocycles. The number of ether oxygens (including phenoxy) is 3. The summed E-state index contributed by atoms with van der Waals surface area (Å²) in [5.41, 5.74) is -1.80. The van der Waals surface area contributed by atoms with Crippen LogP contribution in [0.25, 0.3) is 0 Å². The van der Waals surface area contributed by atoms with Gasteiger partial charge in [-0.25, -0.2) is 18.7 Å².